The van der Waals surface area contributed by atoms with Gasteiger partial charge in [-0.1, -0.05) is 205 Å². The molecule has 0 unspecified atom stereocenters. The van der Waals surface area contributed by atoms with Gasteiger partial charge in [-0.2, -0.15) is 0 Å². The topological polar surface area (TPSA) is 450 Å². The van der Waals surface area contributed by atoms with Gasteiger partial charge in [-0.25, -0.2) is 52.1 Å². The van der Waals surface area contributed by atoms with Gasteiger partial charge in [-0.15, -0.1) is 23.2 Å². The number of amides is 8. The second kappa shape index (κ2) is 65.3. The number of carboxylic acids is 2. The number of alkyl halides is 2. The van der Waals surface area contributed by atoms with Gasteiger partial charge in [-0.05, 0) is 183 Å². The summed E-state index contributed by atoms with van der Waals surface area (Å²) >= 11 is 9.53. The lowest BCUT2D eigenvalue weighted by molar-refractivity contribution is -0.174. The molecule has 0 saturated heterocycles. The van der Waals surface area contributed by atoms with Crippen LogP contribution >= 0.6 is 23.2 Å². The molecule has 0 spiro atoms. The average molecular weight is 1790 g/mol. The molecular weight excluding hydrogens is 1620 g/mol. The average Bonchev–Trinajstić information content (AvgIpc) is 0.833. The fourth-order valence-electron chi connectivity index (χ4n) is 11.2. The van der Waals surface area contributed by atoms with Gasteiger partial charge in [-0.3, -0.25) is 67.4 Å². The molecule has 0 aliphatic carbocycles. The van der Waals surface area contributed by atoms with Crippen LogP contribution in [0.3, 0.4) is 0 Å². The highest BCUT2D eigenvalue weighted by Crippen LogP contribution is 2.21. The van der Waals surface area contributed by atoms with E-state index in [1.807, 2.05) is 83.1 Å². The summed E-state index contributed by atoms with van der Waals surface area (Å²) in [5.74, 6) is -7.38. The van der Waals surface area contributed by atoms with Crippen molar-refractivity contribution in [2.24, 2.45) is 35.5 Å². The van der Waals surface area contributed by atoms with Crippen molar-refractivity contribution in [2.45, 2.75) is 328 Å². The zero-order valence-corrected chi connectivity index (χ0v) is 77.6. The normalized spacial score (nSPS) is 12.7. The van der Waals surface area contributed by atoms with Crippen LogP contribution in [-0.2, 0) is 67.3 Å². The minimum atomic E-state index is -1.21. The molecule has 0 bridgehead atoms. The number of hydrogen-bond donors (Lipinski definition) is 11. The highest BCUT2D eigenvalue weighted by Gasteiger charge is 2.32. The SMILES string of the molecule is CC(C)C[C@@H](ONC(=O)c1cccc(C(=O)NO[C@H](CC(C)C)C(=O)O)c1)C(=O)O.CC(C)C[C@@H](ONC(=O)c1cccc(C(=O)NO[C@H](CC(C)C)C(=O)OC(C)(C)C)c1)C(=O)OC(C)(C)C.CCCCCCCCCCNC(=O)[C@@H](CC(C)C)ONC(=O)c1cccc(C(=O)NO[C@H](CC(C)C)C(=O)NCCCCCCCCCC)c1.ClCCl.N.[HH].[HH].[HH].[HH].[HH].[HH].[HH].[HH].[HH].[HH].[HH]. The Morgan fingerprint density at radius 3 is 0.721 bits per heavy atom. The summed E-state index contributed by atoms with van der Waals surface area (Å²) in [5, 5.41) is 24.4. The zero-order chi connectivity index (χ0) is 91.8. The van der Waals surface area contributed by atoms with Crippen molar-refractivity contribution in [2.75, 3.05) is 18.4 Å². The number of halogens is 2. The van der Waals surface area contributed by atoms with Crippen molar-refractivity contribution in [3.8, 4) is 0 Å². The molecule has 31 nitrogen and oxygen atoms in total. The number of unbranched alkanes of at least 4 members (excludes halogenated alkanes) is 14. The van der Waals surface area contributed by atoms with Crippen LogP contribution in [0.2, 0.25) is 0 Å². The second-order valence-corrected chi connectivity index (χ2v) is 34.9. The number of carbonyl (C=O) groups excluding carboxylic acids is 10. The third kappa shape index (κ3) is 56.4. The van der Waals surface area contributed by atoms with Crippen LogP contribution in [0.4, 0.5) is 0 Å². The summed E-state index contributed by atoms with van der Waals surface area (Å²) in [6.07, 6.45) is 14.8. The van der Waals surface area contributed by atoms with Gasteiger partial charge in [0.25, 0.3) is 47.3 Å². The number of nitrogens with one attached hydrogen (secondary N) is 8. The molecule has 6 atom stereocenters. The molecule has 122 heavy (non-hydrogen) atoms. The van der Waals surface area contributed by atoms with Crippen molar-refractivity contribution < 1.29 is 122 Å². The van der Waals surface area contributed by atoms with E-state index < -0.39 is 107 Å². The monoisotopic (exact) mass is 1790 g/mol. The maximum Gasteiger partial charge on any atom is 0.338 e. The molecule has 716 valence electrons. The standard InChI is InChI=1S/C40H70N4O6.C28H44N2O8.C20H28N2O8.CH2Cl2.H3N.11H2/c1-7-9-11-13-15-17-19-21-26-41-39(47)35(28-31(3)4)49-43-37(45)33-24-23-25-34(30-33)38(46)44-50-36(29-32(5)6)40(48)42-27-22-20-18-16-14-12-10-8-2;1-17(2)14-21(25(33)35-27(5,6)7)37-29-23(31)19-12-11-13-20(16-19)24(32)30-38-22(15-18(3)4)26(34)36-28(8,9)10;1-11(2)8-15(19(25)26)29-21-17(23)13-6-5-7-14(10-13)18(24)22-30-16(20(27)28)9-12(3)4;2-1-3;;;;;;;;;;;;/h23-25,30-32,35-36H,7-22,26-29H2,1-6H3,(H,41,47)(H,42,48)(H,43,45)(H,44,46);11-13,16-18,21-22H,14-15H2,1-10H3,(H,29,31)(H,30,32);5-7,10-12,15-16H,8-9H2,1-4H3,(H,21,23)(H,22,24)(H,25,26)(H,27,28);1H2;1H3;11*1H/t35-,36-;21-,22-;15-,16-;;;;;;;;;;;;;/m111............./s1. The number of hydroxylamine groups is 6. The number of aliphatic carboxylic acids is 2. The highest BCUT2D eigenvalue weighted by atomic mass is 35.5. The first-order valence-corrected chi connectivity index (χ1v) is 43.6. The predicted octanol–water partition coefficient (Wildman–Crippen LogP) is 19.2. The zero-order valence-electron chi connectivity index (χ0n) is 76.1. The Morgan fingerprint density at radius 2 is 0.516 bits per heavy atom. The summed E-state index contributed by atoms with van der Waals surface area (Å²) in [5.41, 5.74) is 12.8. The van der Waals surface area contributed by atoms with E-state index in [0.717, 1.165) is 38.5 Å². The summed E-state index contributed by atoms with van der Waals surface area (Å²) in [6.45, 7) is 38.9. The molecule has 0 aliphatic heterocycles. The Kier molecular flexibility index (Phi) is 61.9. The molecule has 3 aromatic rings. The van der Waals surface area contributed by atoms with Crippen LogP contribution in [0, 0.1) is 35.5 Å². The van der Waals surface area contributed by atoms with Crippen LogP contribution in [0.5, 0.6) is 0 Å². The van der Waals surface area contributed by atoms with E-state index >= 15 is 0 Å². The number of esters is 2. The summed E-state index contributed by atoms with van der Waals surface area (Å²) in [4.78, 5) is 181. The Morgan fingerprint density at radius 1 is 0.328 bits per heavy atom. The molecule has 3 rings (SSSR count). The minimum Gasteiger partial charge on any atom is -0.479 e. The molecule has 0 saturated carbocycles. The summed E-state index contributed by atoms with van der Waals surface area (Å²) < 4.78 is 10.8. The Hall–Kier alpha value is -8.40. The third-order valence-corrected chi connectivity index (χ3v) is 17.2. The summed E-state index contributed by atoms with van der Waals surface area (Å²) in [6, 6.07) is 17.4. The van der Waals surface area contributed by atoms with Gasteiger partial charge in [0.15, 0.2) is 36.6 Å². The second-order valence-electron chi connectivity index (χ2n) is 34.1. The lowest BCUT2D eigenvalue weighted by Gasteiger charge is -2.25. The van der Waals surface area contributed by atoms with Crippen molar-refractivity contribution in [1.29, 1.82) is 0 Å². The van der Waals surface area contributed by atoms with E-state index in [2.05, 4.69) is 57.4 Å². The molecule has 0 radical (unpaired) electrons. The Labute approximate surface area is 750 Å². The fraction of sp³-hybridized carbons (Fsp3) is 0.663. The number of rotatable bonds is 54. The van der Waals surface area contributed by atoms with E-state index in [1.165, 1.54) is 119 Å². The first kappa shape index (κ1) is 116. The van der Waals surface area contributed by atoms with Crippen LogP contribution in [0.1, 0.15) is 358 Å². The van der Waals surface area contributed by atoms with E-state index in [9.17, 15) is 57.5 Å². The number of ether oxygens (including phenoxy) is 2. The summed E-state index contributed by atoms with van der Waals surface area (Å²) in [7, 11) is 0. The van der Waals surface area contributed by atoms with Gasteiger partial charge in [0.2, 0.25) is 0 Å². The smallest absolute Gasteiger partial charge is 0.338 e. The minimum absolute atomic E-state index is 0. The molecule has 0 fully saturated rings. The third-order valence-electron chi connectivity index (χ3n) is 17.2. The van der Waals surface area contributed by atoms with Crippen molar-refractivity contribution in [3.05, 3.63) is 106 Å². The van der Waals surface area contributed by atoms with Crippen molar-refractivity contribution >= 4 is 94.3 Å². The van der Waals surface area contributed by atoms with E-state index in [-0.39, 0.29) is 121 Å². The first-order chi connectivity index (χ1) is 56.9. The van der Waals surface area contributed by atoms with E-state index in [0.29, 0.717) is 38.8 Å². The number of hydrogen-bond acceptors (Lipinski definition) is 21. The van der Waals surface area contributed by atoms with Crippen molar-refractivity contribution in [3.63, 3.8) is 0 Å². The Bertz CT molecular complexity index is 3400. The molecular formula is C89H169Cl2N9O22. The number of carboxylic acid groups (broad SMARTS) is 2. The molecule has 13 N–H and O–H groups in total. The number of carbonyl (C=O) groups is 12. The largest absolute Gasteiger partial charge is 0.479 e. The number of benzene rings is 3. The van der Waals surface area contributed by atoms with Crippen LogP contribution in [-0.4, -0.2) is 148 Å². The van der Waals surface area contributed by atoms with Gasteiger partial charge >= 0.3 is 23.9 Å². The van der Waals surface area contributed by atoms with Gasteiger partial charge in [0, 0.05) is 62.2 Å². The first-order valence-electron chi connectivity index (χ1n) is 42.5. The lowest BCUT2D eigenvalue weighted by atomic mass is 10.1. The quantitative estimate of drug-likeness (QED) is 0.0108. The lowest BCUT2D eigenvalue weighted by Crippen LogP contribution is -2.42. The maximum absolute atomic E-state index is 13.0. The van der Waals surface area contributed by atoms with Crippen LogP contribution in [0.15, 0.2) is 72.8 Å². The van der Waals surface area contributed by atoms with Gasteiger partial charge in [0.1, 0.15) is 11.2 Å². The fourth-order valence-corrected chi connectivity index (χ4v) is 11.2. The van der Waals surface area contributed by atoms with Gasteiger partial charge in [0.05, 0.1) is 5.34 Å². The molecule has 8 amide bonds. The van der Waals surface area contributed by atoms with Crippen LogP contribution in [0.25, 0.3) is 0 Å². The van der Waals surface area contributed by atoms with E-state index in [1.54, 1.807) is 59.7 Å². The van der Waals surface area contributed by atoms with Crippen LogP contribution < -0.4 is 49.7 Å². The molecule has 0 heterocycles. The predicted molar refractivity (Wildman–Crippen MR) is 493 cm³/mol. The molecule has 0 aliphatic rings. The van der Waals surface area contributed by atoms with Gasteiger partial charge < -0.3 is 36.5 Å². The van der Waals surface area contributed by atoms with E-state index in [4.69, 9.17) is 71.9 Å². The Balaban J connectivity index is -0.000000143. The maximum atomic E-state index is 13.0. The molecule has 0 aromatic heterocycles. The molecule has 33 heteroatoms. The highest BCUT2D eigenvalue weighted by molar-refractivity contribution is 6.40. The van der Waals surface area contributed by atoms with Crippen molar-refractivity contribution in [1.82, 2.24) is 49.7 Å². The molecule has 3 aromatic carbocycles.